The first-order valence-electron chi connectivity index (χ1n) is 5.20. The van der Waals surface area contributed by atoms with Gasteiger partial charge in [-0.15, -0.1) is 0 Å². The number of hydrogen-bond donors (Lipinski definition) is 0. The van der Waals surface area contributed by atoms with Crippen molar-refractivity contribution in [1.29, 1.82) is 0 Å². The summed E-state index contributed by atoms with van der Waals surface area (Å²) in [5, 5.41) is 4.10. The molecule has 0 aromatic carbocycles. The smallest absolute Gasteiger partial charge is 0.341 e. The summed E-state index contributed by atoms with van der Waals surface area (Å²) in [7, 11) is 1.37. The summed E-state index contributed by atoms with van der Waals surface area (Å²) in [6.07, 6.45) is 1.54. The van der Waals surface area contributed by atoms with E-state index in [2.05, 4.69) is 9.84 Å². The van der Waals surface area contributed by atoms with Crippen molar-refractivity contribution in [3.8, 4) is 0 Å². The van der Waals surface area contributed by atoms with Gasteiger partial charge >= 0.3 is 5.97 Å². The highest BCUT2D eigenvalue weighted by atomic mass is 16.5. The van der Waals surface area contributed by atoms with Gasteiger partial charge in [-0.3, -0.25) is 4.68 Å². The van der Waals surface area contributed by atoms with E-state index in [4.69, 9.17) is 0 Å². The van der Waals surface area contributed by atoms with Crippen molar-refractivity contribution in [2.75, 3.05) is 7.11 Å². The van der Waals surface area contributed by atoms with E-state index in [9.17, 15) is 4.79 Å². The Balaban J connectivity index is 0.000000921. The summed E-state index contributed by atoms with van der Waals surface area (Å²) in [6, 6.07) is 0.262. The molecule has 0 fully saturated rings. The third-order valence-electron chi connectivity index (χ3n) is 1.94. The molecule has 0 spiro atoms. The lowest BCUT2D eigenvalue weighted by Crippen LogP contribution is -2.07. The molecule has 0 bridgehead atoms. The van der Waals surface area contributed by atoms with Gasteiger partial charge in [0.05, 0.1) is 19.0 Å². The topological polar surface area (TPSA) is 44.1 Å². The van der Waals surface area contributed by atoms with Crippen LogP contribution in [0.5, 0.6) is 0 Å². The highest BCUT2D eigenvalue weighted by Gasteiger charge is 2.15. The summed E-state index contributed by atoms with van der Waals surface area (Å²) < 4.78 is 6.42. The van der Waals surface area contributed by atoms with E-state index in [-0.39, 0.29) is 12.0 Å². The van der Waals surface area contributed by atoms with Crippen LogP contribution in [-0.2, 0) is 4.74 Å². The second-order valence-electron chi connectivity index (χ2n) is 3.17. The normalized spacial score (nSPS) is 9.53. The summed E-state index contributed by atoms with van der Waals surface area (Å²) in [5.74, 6) is -0.329. The van der Waals surface area contributed by atoms with E-state index < -0.39 is 0 Å². The fourth-order valence-electron chi connectivity index (χ4n) is 1.25. The Kier molecular flexibility index (Phi) is 5.67. The van der Waals surface area contributed by atoms with Crippen LogP contribution >= 0.6 is 0 Å². The molecule has 0 aliphatic rings. The van der Waals surface area contributed by atoms with E-state index in [0.29, 0.717) is 5.56 Å². The molecule has 4 heteroatoms. The molecule has 1 rings (SSSR count). The number of aromatic nitrogens is 2. The maximum atomic E-state index is 11.2. The Morgan fingerprint density at radius 2 is 2.00 bits per heavy atom. The Labute approximate surface area is 91.2 Å². The molecular weight excluding hydrogens is 192 g/mol. The van der Waals surface area contributed by atoms with Gasteiger partial charge < -0.3 is 4.74 Å². The average Bonchev–Trinajstić information content (AvgIpc) is 2.62. The Morgan fingerprint density at radius 3 is 2.33 bits per heavy atom. The number of hydrogen-bond acceptors (Lipinski definition) is 3. The van der Waals surface area contributed by atoms with E-state index in [0.717, 1.165) is 5.69 Å². The van der Waals surface area contributed by atoms with Crippen molar-refractivity contribution >= 4 is 5.97 Å². The maximum Gasteiger partial charge on any atom is 0.341 e. The monoisotopic (exact) mass is 212 g/mol. The minimum absolute atomic E-state index is 0.262. The standard InChI is InChI=1S/C9H14N2O2.C2H6/c1-6(2)11-7(3)8(5-10-11)9(12)13-4;1-2/h5-6H,1-4H3;1-2H3. The minimum atomic E-state index is -0.329. The predicted molar refractivity (Wildman–Crippen MR) is 60.0 cm³/mol. The molecule has 1 heterocycles. The lowest BCUT2D eigenvalue weighted by Gasteiger charge is -2.07. The third-order valence-corrected chi connectivity index (χ3v) is 1.94. The fraction of sp³-hybridized carbons (Fsp3) is 0.636. The van der Waals surface area contributed by atoms with Crippen molar-refractivity contribution in [2.24, 2.45) is 0 Å². The van der Waals surface area contributed by atoms with E-state index in [1.807, 2.05) is 34.6 Å². The Bertz CT molecular complexity index is 316. The zero-order valence-electron chi connectivity index (χ0n) is 10.4. The first-order chi connectivity index (χ1) is 7.07. The number of carbonyl (C=O) groups is 1. The van der Waals surface area contributed by atoms with Crippen molar-refractivity contribution in [2.45, 2.75) is 40.7 Å². The van der Waals surface area contributed by atoms with Gasteiger partial charge in [-0.05, 0) is 20.8 Å². The summed E-state index contributed by atoms with van der Waals surface area (Å²) in [5.41, 5.74) is 1.39. The zero-order valence-corrected chi connectivity index (χ0v) is 10.4. The van der Waals surface area contributed by atoms with Crippen LogP contribution in [0.25, 0.3) is 0 Å². The van der Waals surface area contributed by atoms with Crippen LogP contribution in [0.2, 0.25) is 0 Å². The van der Waals surface area contributed by atoms with Gasteiger partial charge in [0, 0.05) is 6.04 Å². The van der Waals surface area contributed by atoms with Crippen molar-refractivity contribution < 1.29 is 9.53 Å². The highest BCUT2D eigenvalue weighted by molar-refractivity contribution is 5.90. The van der Waals surface area contributed by atoms with E-state index in [1.165, 1.54) is 7.11 Å². The molecule has 0 atom stereocenters. The molecule has 0 saturated carbocycles. The summed E-state index contributed by atoms with van der Waals surface area (Å²) in [6.45, 7) is 9.89. The predicted octanol–water partition coefficient (Wildman–Crippen LogP) is 2.59. The van der Waals surface area contributed by atoms with E-state index in [1.54, 1.807) is 10.9 Å². The molecule has 0 N–H and O–H groups in total. The molecule has 86 valence electrons. The van der Waals surface area contributed by atoms with Gasteiger partial charge in [-0.25, -0.2) is 4.79 Å². The lowest BCUT2D eigenvalue weighted by atomic mass is 10.2. The number of methoxy groups -OCH3 is 1. The molecule has 0 amide bonds. The molecule has 1 aromatic rings. The van der Waals surface area contributed by atoms with Crippen LogP contribution in [0.15, 0.2) is 6.20 Å². The largest absolute Gasteiger partial charge is 0.465 e. The third kappa shape index (κ3) is 3.08. The van der Waals surface area contributed by atoms with Gasteiger partial charge in [0.2, 0.25) is 0 Å². The van der Waals surface area contributed by atoms with Crippen molar-refractivity contribution in [3.05, 3.63) is 17.5 Å². The van der Waals surface area contributed by atoms with Crippen molar-refractivity contribution in [1.82, 2.24) is 9.78 Å². The summed E-state index contributed by atoms with van der Waals surface area (Å²) >= 11 is 0. The van der Waals surface area contributed by atoms with Gasteiger partial charge in [0.15, 0.2) is 0 Å². The molecule has 0 unspecified atom stereocenters. The van der Waals surface area contributed by atoms with Crippen molar-refractivity contribution in [3.63, 3.8) is 0 Å². The zero-order chi connectivity index (χ0) is 12.0. The molecule has 0 aliphatic carbocycles. The van der Waals surface area contributed by atoms with Crippen LogP contribution in [-0.4, -0.2) is 22.9 Å². The number of nitrogens with zero attached hydrogens (tertiary/aromatic N) is 2. The first kappa shape index (κ1) is 13.7. The summed E-state index contributed by atoms with van der Waals surface area (Å²) in [4.78, 5) is 11.2. The van der Waals surface area contributed by atoms with Crippen LogP contribution in [0.4, 0.5) is 0 Å². The quantitative estimate of drug-likeness (QED) is 0.708. The van der Waals surface area contributed by atoms with E-state index >= 15 is 0 Å². The number of esters is 1. The highest BCUT2D eigenvalue weighted by Crippen LogP contribution is 2.13. The van der Waals surface area contributed by atoms with Gasteiger partial charge in [0.1, 0.15) is 5.56 Å². The Hall–Kier alpha value is -1.32. The number of ether oxygens (including phenoxy) is 1. The van der Waals surface area contributed by atoms with Crippen LogP contribution in [0, 0.1) is 6.92 Å². The second-order valence-corrected chi connectivity index (χ2v) is 3.17. The molecule has 0 aliphatic heterocycles. The van der Waals surface area contributed by atoms with Crippen LogP contribution < -0.4 is 0 Å². The molecular formula is C11H20N2O2. The Morgan fingerprint density at radius 1 is 1.47 bits per heavy atom. The van der Waals surface area contributed by atoms with Gasteiger partial charge in [-0.1, -0.05) is 13.8 Å². The molecule has 1 aromatic heterocycles. The first-order valence-corrected chi connectivity index (χ1v) is 5.20. The number of rotatable bonds is 2. The van der Waals surface area contributed by atoms with Crippen LogP contribution in [0.3, 0.4) is 0 Å². The average molecular weight is 212 g/mol. The number of carbonyl (C=O) groups excluding carboxylic acids is 1. The fourth-order valence-corrected chi connectivity index (χ4v) is 1.25. The minimum Gasteiger partial charge on any atom is -0.465 e. The molecule has 0 radical (unpaired) electrons. The molecule has 15 heavy (non-hydrogen) atoms. The molecule has 4 nitrogen and oxygen atoms in total. The SMILES string of the molecule is CC.COC(=O)c1cnn(C(C)C)c1C. The van der Waals surface area contributed by atoms with Crippen LogP contribution in [0.1, 0.15) is 49.8 Å². The van der Waals surface area contributed by atoms with Gasteiger partial charge in [0.25, 0.3) is 0 Å². The lowest BCUT2D eigenvalue weighted by molar-refractivity contribution is 0.0599. The second kappa shape index (κ2) is 6.22. The maximum absolute atomic E-state index is 11.2. The molecule has 0 saturated heterocycles. The van der Waals surface area contributed by atoms with Gasteiger partial charge in [-0.2, -0.15) is 5.10 Å².